The van der Waals surface area contributed by atoms with Crippen LogP contribution in [0.3, 0.4) is 0 Å². The van der Waals surface area contributed by atoms with Crippen LogP contribution in [0.4, 0.5) is 0 Å². The summed E-state index contributed by atoms with van der Waals surface area (Å²) in [5.41, 5.74) is 0. The molecule has 3 heteroatoms. The zero-order valence-corrected chi connectivity index (χ0v) is 5.97. The lowest BCUT2D eigenvalue weighted by atomic mass is 10.4. The topological polar surface area (TPSA) is 38.3 Å². The zero-order chi connectivity index (χ0) is 7.28. The standard InChI is InChI=1S/C6H12NO2/c1-5(2)7-6(3)9-4-8/h5-7H,1-3H3. The lowest BCUT2D eigenvalue weighted by Gasteiger charge is -2.13. The van der Waals surface area contributed by atoms with Gasteiger partial charge in [-0.15, -0.1) is 0 Å². The molecule has 1 N–H and O–H groups in total. The summed E-state index contributed by atoms with van der Waals surface area (Å²) in [6.45, 7) is 7.07. The highest BCUT2D eigenvalue weighted by atomic mass is 16.5. The Morgan fingerprint density at radius 2 is 2.00 bits per heavy atom. The number of hydrogen-bond acceptors (Lipinski definition) is 3. The Morgan fingerprint density at radius 1 is 1.44 bits per heavy atom. The number of hydrogen-bond donors (Lipinski definition) is 1. The normalized spacial score (nSPS) is 13.3. The van der Waals surface area contributed by atoms with E-state index in [4.69, 9.17) is 0 Å². The second-order valence-electron chi connectivity index (χ2n) is 2.16. The molecule has 0 bridgehead atoms. The quantitative estimate of drug-likeness (QED) is 0.560. The van der Waals surface area contributed by atoms with E-state index in [1.54, 1.807) is 6.92 Å². The van der Waals surface area contributed by atoms with Crippen LogP contribution in [0.15, 0.2) is 0 Å². The number of nitrogens with one attached hydrogen (secondary N) is 1. The third-order valence-corrected chi connectivity index (χ3v) is 0.793. The van der Waals surface area contributed by atoms with Crippen LogP contribution in [0.5, 0.6) is 0 Å². The molecule has 0 heterocycles. The van der Waals surface area contributed by atoms with Gasteiger partial charge >= 0.3 is 6.47 Å². The Labute approximate surface area is 55.4 Å². The maximum Gasteiger partial charge on any atom is 0.419 e. The summed E-state index contributed by atoms with van der Waals surface area (Å²) in [7, 11) is 0. The molecule has 0 aromatic rings. The Hall–Kier alpha value is -0.570. The van der Waals surface area contributed by atoms with E-state index in [0.717, 1.165) is 0 Å². The first-order valence-corrected chi connectivity index (χ1v) is 2.95. The highest BCUT2D eigenvalue weighted by Gasteiger charge is 2.01. The SMILES string of the molecule is CC(C)NC(C)O[C]=O. The predicted molar refractivity (Wildman–Crippen MR) is 34.5 cm³/mol. The van der Waals surface area contributed by atoms with Crippen LogP contribution in [-0.2, 0) is 9.53 Å². The first-order valence-electron chi connectivity index (χ1n) is 2.95. The van der Waals surface area contributed by atoms with Crippen molar-refractivity contribution in [3.8, 4) is 0 Å². The van der Waals surface area contributed by atoms with Gasteiger partial charge in [-0.3, -0.25) is 5.32 Å². The minimum atomic E-state index is -0.234. The van der Waals surface area contributed by atoms with E-state index in [0.29, 0.717) is 6.04 Å². The Bertz CT molecular complexity index is 83.1. The fourth-order valence-electron chi connectivity index (χ4n) is 0.576. The first kappa shape index (κ1) is 8.43. The van der Waals surface area contributed by atoms with Gasteiger partial charge in [-0.1, -0.05) is 0 Å². The summed E-state index contributed by atoms with van der Waals surface area (Å²) in [5, 5.41) is 2.96. The van der Waals surface area contributed by atoms with Crippen molar-refractivity contribution in [2.75, 3.05) is 0 Å². The fraction of sp³-hybridized carbons (Fsp3) is 0.833. The van der Waals surface area contributed by atoms with Crippen LogP contribution in [0.2, 0.25) is 0 Å². The van der Waals surface area contributed by atoms with Crippen LogP contribution in [0.1, 0.15) is 20.8 Å². The second-order valence-corrected chi connectivity index (χ2v) is 2.16. The molecule has 1 radical (unpaired) electrons. The first-order chi connectivity index (χ1) is 4.16. The molecule has 0 aromatic heterocycles. The molecule has 0 fully saturated rings. The van der Waals surface area contributed by atoms with E-state index in [9.17, 15) is 4.79 Å². The second kappa shape index (κ2) is 4.32. The molecule has 53 valence electrons. The van der Waals surface area contributed by atoms with E-state index in [2.05, 4.69) is 10.1 Å². The van der Waals surface area contributed by atoms with Gasteiger partial charge in [0, 0.05) is 6.04 Å². The molecule has 1 unspecified atom stereocenters. The summed E-state index contributed by atoms with van der Waals surface area (Å²) in [6.07, 6.45) is -0.234. The van der Waals surface area contributed by atoms with E-state index < -0.39 is 0 Å². The fourth-order valence-corrected chi connectivity index (χ4v) is 0.576. The van der Waals surface area contributed by atoms with E-state index in [1.807, 2.05) is 13.8 Å². The molecule has 0 aliphatic heterocycles. The van der Waals surface area contributed by atoms with Crippen LogP contribution in [0.25, 0.3) is 0 Å². The Kier molecular flexibility index (Phi) is 4.05. The van der Waals surface area contributed by atoms with Crippen molar-refractivity contribution in [1.29, 1.82) is 0 Å². The van der Waals surface area contributed by atoms with Gasteiger partial charge in [0.2, 0.25) is 0 Å². The molecule has 0 saturated heterocycles. The minimum Gasteiger partial charge on any atom is -0.438 e. The van der Waals surface area contributed by atoms with Gasteiger partial charge in [0.1, 0.15) is 0 Å². The van der Waals surface area contributed by atoms with Crippen LogP contribution < -0.4 is 5.32 Å². The third kappa shape index (κ3) is 5.30. The van der Waals surface area contributed by atoms with Crippen molar-refractivity contribution in [2.45, 2.75) is 33.0 Å². The average Bonchev–Trinajstić information content (AvgIpc) is 1.63. The van der Waals surface area contributed by atoms with E-state index in [1.165, 1.54) is 6.47 Å². The molecule has 9 heavy (non-hydrogen) atoms. The van der Waals surface area contributed by atoms with Gasteiger partial charge in [0.05, 0.1) is 0 Å². The van der Waals surface area contributed by atoms with Gasteiger partial charge in [-0.05, 0) is 20.8 Å². The summed E-state index contributed by atoms with van der Waals surface area (Å²) in [6, 6.07) is 0.327. The highest BCUT2D eigenvalue weighted by Crippen LogP contribution is 1.84. The molecule has 0 aromatic carbocycles. The maximum absolute atomic E-state index is 9.61. The predicted octanol–water partition coefficient (Wildman–Crippen LogP) is 0.414. The molecule has 1 atom stereocenters. The smallest absolute Gasteiger partial charge is 0.419 e. The number of rotatable bonds is 4. The molecule has 0 amide bonds. The summed E-state index contributed by atoms with van der Waals surface area (Å²) in [4.78, 5) is 9.61. The van der Waals surface area contributed by atoms with Crippen molar-refractivity contribution in [2.24, 2.45) is 0 Å². The molecule has 0 aliphatic rings. The zero-order valence-electron chi connectivity index (χ0n) is 5.97. The summed E-state index contributed by atoms with van der Waals surface area (Å²) >= 11 is 0. The number of carbonyl (C=O) groups excluding carboxylic acids is 1. The number of ether oxygens (including phenoxy) is 1. The van der Waals surface area contributed by atoms with Crippen molar-refractivity contribution < 1.29 is 9.53 Å². The van der Waals surface area contributed by atoms with Gasteiger partial charge in [-0.2, -0.15) is 0 Å². The van der Waals surface area contributed by atoms with Crippen molar-refractivity contribution in [1.82, 2.24) is 5.32 Å². The average molecular weight is 130 g/mol. The molecule has 0 rings (SSSR count). The lowest BCUT2D eigenvalue weighted by molar-refractivity contribution is 0.150. The van der Waals surface area contributed by atoms with Crippen LogP contribution in [-0.4, -0.2) is 18.7 Å². The van der Waals surface area contributed by atoms with Crippen LogP contribution >= 0.6 is 0 Å². The van der Waals surface area contributed by atoms with Crippen LogP contribution in [0, 0.1) is 0 Å². The highest BCUT2D eigenvalue weighted by molar-refractivity contribution is 5.38. The van der Waals surface area contributed by atoms with Gasteiger partial charge in [0.15, 0.2) is 6.23 Å². The molecule has 0 aliphatic carbocycles. The van der Waals surface area contributed by atoms with Crippen molar-refractivity contribution in [3.05, 3.63) is 0 Å². The molecule has 0 saturated carbocycles. The molecule has 0 spiro atoms. The molecular weight excluding hydrogens is 118 g/mol. The lowest BCUT2D eigenvalue weighted by Crippen LogP contribution is -2.34. The minimum absolute atomic E-state index is 0.234. The van der Waals surface area contributed by atoms with Crippen molar-refractivity contribution in [3.63, 3.8) is 0 Å². The third-order valence-electron chi connectivity index (χ3n) is 0.793. The maximum atomic E-state index is 9.61. The van der Waals surface area contributed by atoms with E-state index in [-0.39, 0.29) is 6.23 Å². The van der Waals surface area contributed by atoms with E-state index >= 15 is 0 Å². The largest absolute Gasteiger partial charge is 0.438 e. The Morgan fingerprint density at radius 3 is 2.33 bits per heavy atom. The monoisotopic (exact) mass is 130 g/mol. The summed E-state index contributed by atoms with van der Waals surface area (Å²) in [5.74, 6) is 0. The Balaban J connectivity index is 3.25. The van der Waals surface area contributed by atoms with Gasteiger partial charge in [0.25, 0.3) is 0 Å². The molecular formula is C6H12NO2. The summed E-state index contributed by atoms with van der Waals surface area (Å²) < 4.78 is 4.44. The van der Waals surface area contributed by atoms with Gasteiger partial charge < -0.3 is 4.74 Å². The van der Waals surface area contributed by atoms with Crippen molar-refractivity contribution >= 4 is 6.47 Å². The molecule has 3 nitrogen and oxygen atoms in total. The van der Waals surface area contributed by atoms with Gasteiger partial charge in [-0.25, -0.2) is 4.79 Å².